The number of hydrogen-bond acceptors (Lipinski definition) is 4. The zero-order chi connectivity index (χ0) is 8.27. The molecule has 0 aromatic carbocycles. The standard InChI is InChI=1S/C7H11N3S/c1-5(2)9-6(3)7-4-8-10-11-7/h4-5,9H,3H2,1-2H3. The van der Waals surface area contributed by atoms with Crippen LogP contribution >= 0.6 is 11.5 Å². The van der Waals surface area contributed by atoms with Crippen molar-refractivity contribution in [1.29, 1.82) is 0 Å². The van der Waals surface area contributed by atoms with E-state index in [0.717, 1.165) is 10.6 Å². The number of nitrogens with zero attached hydrogens (tertiary/aromatic N) is 2. The summed E-state index contributed by atoms with van der Waals surface area (Å²) in [5.41, 5.74) is 0.898. The van der Waals surface area contributed by atoms with E-state index in [-0.39, 0.29) is 0 Å². The molecule has 0 aliphatic heterocycles. The van der Waals surface area contributed by atoms with Gasteiger partial charge in [-0.1, -0.05) is 11.1 Å². The maximum Gasteiger partial charge on any atom is 0.0906 e. The molecule has 60 valence electrons. The third kappa shape index (κ3) is 2.31. The van der Waals surface area contributed by atoms with Crippen molar-refractivity contribution in [1.82, 2.24) is 14.9 Å². The lowest BCUT2D eigenvalue weighted by atomic mass is 10.3. The molecular weight excluding hydrogens is 158 g/mol. The Morgan fingerprint density at radius 3 is 2.91 bits per heavy atom. The van der Waals surface area contributed by atoms with Gasteiger partial charge in [0.2, 0.25) is 0 Å². The Hall–Kier alpha value is -0.900. The molecule has 1 N–H and O–H groups in total. The van der Waals surface area contributed by atoms with Gasteiger partial charge in [0.25, 0.3) is 0 Å². The SMILES string of the molecule is C=C(NC(C)C)c1cnns1. The lowest BCUT2D eigenvalue weighted by Crippen LogP contribution is -2.19. The van der Waals surface area contributed by atoms with Crippen LogP contribution in [0.25, 0.3) is 5.70 Å². The molecule has 3 nitrogen and oxygen atoms in total. The van der Waals surface area contributed by atoms with Crippen molar-refractivity contribution in [3.8, 4) is 0 Å². The number of aromatic nitrogens is 2. The summed E-state index contributed by atoms with van der Waals surface area (Å²) in [5.74, 6) is 0. The summed E-state index contributed by atoms with van der Waals surface area (Å²) in [4.78, 5) is 0.999. The van der Waals surface area contributed by atoms with E-state index in [1.165, 1.54) is 11.5 Å². The second-order valence-corrected chi connectivity index (χ2v) is 3.35. The van der Waals surface area contributed by atoms with Gasteiger partial charge < -0.3 is 5.32 Å². The molecule has 1 rings (SSSR count). The highest BCUT2D eigenvalue weighted by Crippen LogP contribution is 2.11. The van der Waals surface area contributed by atoms with Gasteiger partial charge in [0.05, 0.1) is 11.1 Å². The first-order valence-electron chi connectivity index (χ1n) is 3.43. The van der Waals surface area contributed by atoms with Crippen molar-refractivity contribution in [3.05, 3.63) is 17.7 Å². The maximum atomic E-state index is 3.86. The van der Waals surface area contributed by atoms with Gasteiger partial charge in [-0.2, -0.15) is 0 Å². The van der Waals surface area contributed by atoms with Gasteiger partial charge in [0.1, 0.15) is 0 Å². The van der Waals surface area contributed by atoms with Crippen LogP contribution < -0.4 is 5.32 Å². The molecule has 1 heterocycles. The third-order valence-corrected chi connectivity index (χ3v) is 1.85. The molecule has 0 saturated heterocycles. The summed E-state index contributed by atoms with van der Waals surface area (Å²) in [6.45, 7) is 7.99. The molecule has 0 atom stereocenters. The average Bonchev–Trinajstić information content (AvgIpc) is 2.35. The Kier molecular flexibility index (Phi) is 2.59. The molecule has 0 radical (unpaired) electrons. The molecule has 0 fully saturated rings. The second kappa shape index (κ2) is 3.48. The summed E-state index contributed by atoms with van der Waals surface area (Å²) in [5, 5.41) is 6.90. The van der Waals surface area contributed by atoms with Crippen LogP contribution in [0.4, 0.5) is 0 Å². The summed E-state index contributed by atoms with van der Waals surface area (Å²) < 4.78 is 3.74. The monoisotopic (exact) mass is 169 g/mol. The van der Waals surface area contributed by atoms with Crippen molar-refractivity contribution >= 4 is 17.2 Å². The van der Waals surface area contributed by atoms with Crippen molar-refractivity contribution < 1.29 is 0 Å². The van der Waals surface area contributed by atoms with E-state index in [1.807, 2.05) is 0 Å². The molecule has 0 spiro atoms. The lowest BCUT2D eigenvalue weighted by molar-refractivity contribution is 0.719. The molecule has 4 heteroatoms. The van der Waals surface area contributed by atoms with Gasteiger partial charge in [-0.05, 0) is 25.4 Å². The normalized spacial score (nSPS) is 10.1. The van der Waals surface area contributed by atoms with Gasteiger partial charge in [-0.15, -0.1) is 5.10 Å². The predicted octanol–water partition coefficient (Wildman–Crippen LogP) is 1.51. The van der Waals surface area contributed by atoms with E-state index >= 15 is 0 Å². The fourth-order valence-electron chi connectivity index (χ4n) is 0.720. The van der Waals surface area contributed by atoms with Crippen LogP contribution in [0.3, 0.4) is 0 Å². The zero-order valence-corrected chi connectivity index (χ0v) is 7.48. The summed E-state index contributed by atoms with van der Waals surface area (Å²) in [7, 11) is 0. The van der Waals surface area contributed by atoms with Crippen LogP contribution in [0, 0.1) is 0 Å². The highest BCUT2D eigenvalue weighted by molar-refractivity contribution is 7.06. The van der Waals surface area contributed by atoms with Crippen molar-refractivity contribution in [2.24, 2.45) is 0 Å². The van der Waals surface area contributed by atoms with Gasteiger partial charge in [0.15, 0.2) is 0 Å². The van der Waals surface area contributed by atoms with Crippen molar-refractivity contribution in [2.75, 3.05) is 0 Å². The minimum Gasteiger partial charge on any atom is -0.382 e. The molecule has 1 aromatic heterocycles. The first-order chi connectivity index (χ1) is 5.20. The van der Waals surface area contributed by atoms with Crippen molar-refractivity contribution in [2.45, 2.75) is 19.9 Å². The number of nitrogens with one attached hydrogen (secondary N) is 1. The van der Waals surface area contributed by atoms with E-state index in [1.54, 1.807) is 6.20 Å². The molecule has 0 aliphatic carbocycles. The molecule has 1 aromatic rings. The van der Waals surface area contributed by atoms with Crippen LogP contribution in [0.5, 0.6) is 0 Å². The Morgan fingerprint density at radius 1 is 1.73 bits per heavy atom. The van der Waals surface area contributed by atoms with Gasteiger partial charge >= 0.3 is 0 Å². The molecule has 0 unspecified atom stereocenters. The quantitative estimate of drug-likeness (QED) is 0.745. The first kappa shape index (κ1) is 8.20. The van der Waals surface area contributed by atoms with Gasteiger partial charge in [-0.25, -0.2) is 0 Å². The van der Waals surface area contributed by atoms with Gasteiger partial charge in [-0.3, -0.25) is 0 Å². The van der Waals surface area contributed by atoms with Crippen LogP contribution in [-0.2, 0) is 0 Å². The van der Waals surface area contributed by atoms with Crippen molar-refractivity contribution in [3.63, 3.8) is 0 Å². The molecule has 0 aliphatic rings. The highest BCUT2D eigenvalue weighted by Gasteiger charge is 2.01. The summed E-state index contributed by atoms with van der Waals surface area (Å²) in [6, 6.07) is 0.407. The molecule has 11 heavy (non-hydrogen) atoms. The zero-order valence-electron chi connectivity index (χ0n) is 6.66. The summed E-state index contributed by atoms with van der Waals surface area (Å²) >= 11 is 1.35. The van der Waals surface area contributed by atoms with E-state index < -0.39 is 0 Å². The van der Waals surface area contributed by atoms with E-state index in [2.05, 4.69) is 35.3 Å². The predicted molar refractivity (Wildman–Crippen MR) is 47.2 cm³/mol. The fourth-order valence-corrected chi connectivity index (χ4v) is 1.17. The molecule has 0 saturated carbocycles. The Bertz CT molecular complexity index is 228. The lowest BCUT2D eigenvalue weighted by Gasteiger charge is -2.09. The highest BCUT2D eigenvalue weighted by atomic mass is 32.1. The molecular formula is C7H11N3S. The number of rotatable bonds is 3. The van der Waals surface area contributed by atoms with E-state index in [9.17, 15) is 0 Å². The second-order valence-electron chi connectivity index (χ2n) is 2.56. The summed E-state index contributed by atoms with van der Waals surface area (Å²) in [6.07, 6.45) is 1.71. The molecule has 0 bridgehead atoms. The Labute approximate surface area is 70.3 Å². The van der Waals surface area contributed by atoms with Crippen LogP contribution in [0.1, 0.15) is 18.7 Å². The topological polar surface area (TPSA) is 37.8 Å². The number of hydrogen-bond donors (Lipinski definition) is 1. The van der Waals surface area contributed by atoms with Crippen LogP contribution in [0.2, 0.25) is 0 Å². The Balaban J connectivity index is 2.57. The minimum atomic E-state index is 0.407. The average molecular weight is 169 g/mol. The van der Waals surface area contributed by atoms with Gasteiger partial charge in [0, 0.05) is 11.7 Å². The van der Waals surface area contributed by atoms with E-state index in [4.69, 9.17) is 0 Å². The third-order valence-electron chi connectivity index (χ3n) is 1.12. The van der Waals surface area contributed by atoms with E-state index in [0.29, 0.717) is 6.04 Å². The maximum absolute atomic E-state index is 3.86. The first-order valence-corrected chi connectivity index (χ1v) is 4.20. The fraction of sp³-hybridized carbons (Fsp3) is 0.429. The van der Waals surface area contributed by atoms with Crippen LogP contribution in [0.15, 0.2) is 12.8 Å². The largest absolute Gasteiger partial charge is 0.382 e. The minimum absolute atomic E-state index is 0.407. The Morgan fingerprint density at radius 2 is 2.45 bits per heavy atom. The molecule has 0 amide bonds. The van der Waals surface area contributed by atoms with Crippen LogP contribution in [-0.4, -0.2) is 15.6 Å². The smallest absolute Gasteiger partial charge is 0.0906 e.